The molecule has 0 radical (unpaired) electrons. The van der Waals surface area contributed by atoms with E-state index in [0.29, 0.717) is 0 Å². The fourth-order valence-corrected chi connectivity index (χ4v) is 5.87. The molecule has 3 aliphatic rings. The Morgan fingerprint density at radius 2 is 1.96 bits per heavy atom. The molecule has 0 N–H and O–H groups in total. The second kappa shape index (κ2) is 7.95. The van der Waals surface area contributed by atoms with E-state index < -0.39 is 0 Å². The first kappa shape index (κ1) is 19.0. The summed E-state index contributed by atoms with van der Waals surface area (Å²) in [6.07, 6.45) is 3.12. The van der Waals surface area contributed by atoms with Gasteiger partial charge < -0.3 is 14.2 Å². The van der Waals surface area contributed by atoms with Crippen LogP contribution in [0.25, 0.3) is 0 Å². The van der Waals surface area contributed by atoms with Crippen LogP contribution in [0.3, 0.4) is 0 Å². The van der Waals surface area contributed by atoms with Gasteiger partial charge >= 0.3 is 5.97 Å². The highest BCUT2D eigenvalue weighted by Crippen LogP contribution is 2.53. The summed E-state index contributed by atoms with van der Waals surface area (Å²) in [6.45, 7) is 2.93. The van der Waals surface area contributed by atoms with Crippen molar-refractivity contribution in [3.63, 3.8) is 0 Å². The molecule has 3 heterocycles. The molecule has 2 unspecified atom stereocenters. The largest absolute Gasteiger partial charge is 0.468 e. The summed E-state index contributed by atoms with van der Waals surface area (Å²) in [5.41, 5.74) is 2.36. The van der Waals surface area contributed by atoms with Crippen LogP contribution in [0.2, 0.25) is 0 Å². The summed E-state index contributed by atoms with van der Waals surface area (Å²) in [5.74, 6) is -0.139. The van der Waals surface area contributed by atoms with Gasteiger partial charge in [0.05, 0.1) is 12.7 Å². The van der Waals surface area contributed by atoms with Crippen LogP contribution in [0.1, 0.15) is 31.2 Å². The standard InChI is InChI=1S/C21H27NO4S/c1-24-19-13-17-16(12-18(27-17)20(23)25-2)21(26-19)8-10-22(11-9-21)14-15-6-4-3-5-7-15/h3-7,18-19H,8-14H2,1-2H3. The highest BCUT2D eigenvalue weighted by Gasteiger charge is 2.49. The van der Waals surface area contributed by atoms with Crippen molar-refractivity contribution in [1.82, 2.24) is 4.90 Å². The van der Waals surface area contributed by atoms with Crippen LogP contribution in [0.5, 0.6) is 0 Å². The molecule has 2 atom stereocenters. The molecule has 1 fully saturated rings. The van der Waals surface area contributed by atoms with Crippen LogP contribution in [0, 0.1) is 0 Å². The van der Waals surface area contributed by atoms with Crippen molar-refractivity contribution in [2.24, 2.45) is 0 Å². The number of hydrogen-bond acceptors (Lipinski definition) is 6. The predicted molar refractivity (Wildman–Crippen MR) is 105 cm³/mol. The first-order valence-corrected chi connectivity index (χ1v) is 10.5. The molecule has 1 aromatic rings. The number of hydrogen-bond donors (Lipinski definition) is 0. The molecule has 1 spiro atoms. The average Bonchev–Trinajstić information content (AvgIpc) is 3.15. The number of ether oxygens (including phenoxy) is 3. The molecule has 4 rings (SSSR count). The van der Waals surface area contributed by atoms with Crippen LogP contribution in [-0.4, -0.2) is 55.3 Å². The first-order chi connectivity index (χ1) is 13.1. The minimum atomic E-state index is -0.294. The van der Waals surface area contributed by atoms with Crippen molar-refractivity contribution >= 4 is 17.7 Å². The van der Waals surface area contributed by atoms with E-state index in [0.717, 1.165) is 45.3 Å². The molecule has 5 nitrogen and oxygen atoms in total. The number of benzene rings is 1. The van der Waals surface area contributed by atoms with Crippen LogP contribution in [0.15, 0.2) is 40.8 Å². The summed E-state index contributed by atoms with van der Waals surface area (Å²) in [7, 11) is 3.17. The SMILES string of the molecule is COC(=O)C1CC2=C(CC(OC)OC23CCN(Cc2ccccc2)CC3)S1. The fourth-order valence-electron chi connectivity index (χ4n) is 4.44. The molecule has 0 amide bonds. The molecule has 0 aromatic heterocycles. The Morgan fingerprint density at radius 3 is 2.63 bits per heavy atom. The smallest absolute Gasteiger partial charge is 0.319 e. The molecule has 0 aliphatic carbocycles. The highest BCUT2D eigenvalue weighted by molar-refractivity contribution is 8.04. The molecular weight excluding hydrogens is 362 g/mol. The van der Waals surface area contributed by atoms with Crippen molar-refractivity contribution in [3.05, 3.63) is 46.4 Å². The maximum absolute atomic E-state index is 12.1. The number of methoxy groups -OCH3 is 2. The van der Waals surface area contributed by atoms with E-state index in [-0.39, 0.29) is 23.1 Å². The summed E-state index contributed by atoms with van der Waals surface area (Å²) < 4.78 is 17.0. The van der Waals surface area contributed by atoms with Gasteiger partial charge in [-0.25, -0.2) is 0 Å². The highest BCUT2D eigenvalue weighted by atomic mass is 32.2. The van der Waals surface area contributed by atoms with E-state index in [4.69, 9.17) is 14.2 Å². The minimum Gasteiger partial charge on any atom is -0.468 e. The summed E-state index contributed by atoms with van der Waals surface area (Å²) in [5, 5.41) is -0.140. The molecule has 146 valence electrons. The van der Waals surface area contributed by atoms with Crippen molar-refractivity contribution in [2.75, 3.05) is 27.3 Å². The maximum Gasteiger partial charge on any atom is 0.319 e. The van der Waals surface area contributed by atoms with Gasteiger partial charge in [0.25, 0.3) is 0 Å². The Morgan fingerprint density at radius 1 is 1.22 bits per heavy atom. The van der Waals surface area contributed by atoms with Gasteiger partial charge in [0.2, 0.25) is 0 Å². The zero-order valence-corrected chi connectivity index (χ0v) is 16.8. The summed E-state index contributed by atoms with van der Waals surface area (Å²) >= 11 is 1.65. The van der Waals surface area contributed by atoms with Gasteiger partial charge in [0.15, 0.2) is 6.29 Å². The van der Waals surface area contributed by atoms with E-state index in [1.807, 2.05) is 0 Å². The zero-order valence-electron chi connectivity index (χ0n) is 16.0. The van der Waals surface area contributed by atoms with Gasteiger partial charge in [-0.3, -0.25) is 9.69 Å². The van der Waals surface area contributed by atoms with Gasteiger partial charge in [-0.15, -0.1) is 11.8 Å². The quantitative estimate of drug-likeness (QED) is 0.736. The Balaban J connectivity index is 1.48. The lowest BCUT2D eigenvalue weighted by molar-refractivity contribution is -0.206. The third-order valence-electron chi connectivity index (χ3n) is 5.91. The number of piperidine rings is 1. The Hall–Kier alpha value is -1.34. The zero-order chi connectivity index (χ0) is 18.9. The van der Waals surface area contributed by atoms with Crippen LogP contribution < -0.4 is 0 Å². The molecule has 0 bridgehead atoms. The second-order valence-corrected chi connectivity index (χ2v) is 8.78. The molecule has 1 saturated heterocycles. The fraction of sp³-hybridized carbons (Fsp3) is 0.571. The van der Waals surface area contributed by atoms with Crippen LogP contribution in [-0.2, 0) is 25.5 Å². The number of carbonyl (C=O) groups excluding carboxylic acids is 1. The summed E-state index contributed by atoms with van der Waals surface area (Å²) in [6, 6.07) is 10.6. The van der Waals surface area contributed by atoms with E-state index in [2.05, 4.69) is 35.2 Å². The Bertz CT molecular complexity index is 712. The van der Waals surface area contributed by atoms with Crippen molar-refractivity contribution in [1.29, 1.82) is 0 Å². The molecule has 0 saturated carbocycles. The van der Waals surface area contributed by atoms with E-state index in [1.54, 1.807) is 18.9 Å². The first-order valence-electron chi connectivity index (χ1n) is 9.57. The predicted octanol–water partition coefficient (Wildman–Crippen LogP) is 3.35. The third kappa shape index (κ3) is 3.81. The maximum atomic E-state index is 12.1. The lowest BCUT2D eigenvalue weighted by atomic mass is 9.79. The Kier molecular flexibility index (Phi) is 5.60. The monoisotopic (exact) mass is 389 g/mol. The van der Waals surface area contributed by atoms with Crippen molar-refractivity contribution < 1.29 is 19.0 Å². The number of esters is 1. The van der Waals surface area contributed by atoms with Crippen LogP contribution >= 0.6 is 11.8 Å². The van der Waals surface area contributed by atoms with Crippen molar-refractivity contribution in [2.45, 2.75) is 49.4 Å². The molecule has 27 heavy (non-hydrogen) atoms. The Labute approximate surface area is 165 Å². The number of nitrogens with zero attached hydrogens (tertiary/aromatic N) is 1. The van der Waals surface area contributed by atoms with E-state index in [9.17, 15) is 4.79 Å². The van der Waals surface area contributed by atoms with Crippen LogP contribution in [0.4, 0.5) is 0 Å². The molecular formula is C21H27NO4S. The van der Waals surface area contributed by atoms with Gasteiger partial charge in [-0.05, 0) is 35.3 Å². The lowest BCUT2D eigenvalue weighted by Gasteiger charge is -2.47. The molecule has 3 aliphatic heterocycles. The lowest BCUT2D eigenvalue weighted by Crippen LogP contribution is -2.50. The molecule has 1 aromatic carbocycles. The summed E-state index contributed by atoms with van der Waals surface area (Å²) in [4.78, 5) is 15.8. The normalized spacial score (nSPS) is 27.6. The van der Waals surface area contributed by atoms with E-state index >= 15 is 0 Å². The minimum absolute atomic E-state index is 0.139. The number of carbonyl (C=O) groups is 1. The average molecular weight is 390 g/mol. The van der Waals surface area contributed by atoms with Crippen molar-refractivity contribution in [3.8, 4) is 0 Å². The van der Waals surface area contributed by atoms with Gasteiger partial charge in [0, 0.05) is 33.2 Å². The number of fused-ring (bicyclic) bond motifs is 1. The molecule has 6 heteroatoms. The number of likely N-dealkylation sites (tertiary alicyclic amines) is 1. The second-order valence-electron chi connectivity index (χ2n) is 7.48. The number of thioether (sulfide) groups is 1. The number of rotatable bonds is 4. The topological polar surface area (TPSA) is 48.0 Å². The van der Waals surface area contributed by atoms with E-state index in [1.165, 1.54) is 23.2 Å². The third-order valence-corrected chi connectivity index (χ3v) is 7.25. The van der Waals surface area contributed by atoms with Gasteiger partial charge in [0.1, 0.15) is 5.25 Å². The van der Waals surface area contributed by atoms with Gasteiger partial charge in [-0.2, -0.15) is 0 Å². The van der Waals surface area contributed by atoms with Gasteiger partial charge in [-0.1, -0.05) is 30.3 Å².